The molecule has 3 aromatic rings. The summed E-state index contributed by atoms with van der Waals surface area (Å²) in [5.41, 5.74) is 1.04. The molecule has 0 radical (unpaired) electrons. The SMILES string of the molecule is COCCNC(=S)N(Cc1ccco1)Cc1cc2cc(OC)c(OC)cc2[nH]c1=O. The van der Waals surface area contributed by atoms with Gasteiger partial charge in [-0.25, -0.2) is 0 Å². The fraction of sp³-hybridized carbons (Fsp3) is 0.333. The third-order valence-electron chi connectivity index (χ3n) is 4.58. The van der Waals surface area contributed by atoms with E-state index in [0.717, 1.165) is 11.1 Å². The number of rotatable bonds is 9. The highest BCUT2D eigenvalue weighted by molar-refractivity contribution is 7.80. The molecule has 9 heteroatoms. The molecule has 0 unspecified atom stereocenters. The Hall–Kier alpha value is -3.04. The summed E-state index contributed by atoms with van der Waals surface area (Å²) in [6.07, 6.45) is 1.61. The van der Waals surface area contributed by atoms with Crippen LogP contribution in [0.3, 0.4) is 0 Å². The van der Waals surface area contributed by atoms with Crippen LogP contribution in [0.15, 0.2) is 45.8 Å². The maximum absolute atomic E-state index is 12.7. The Morgan fingerprint density at radius 3 is 2.60 bits per heavy atom. The molecule has 0 aliphatic heterocycles. The number of nitrogens with zero attached hydrogens (tertiary/aromatic N) is 1. The van der Waals surface area contributed by atoms with Crippen LogP contribution in [0.5, 0.6) is 11.5 Å². The summed E-state index contributed by atoms with van der Waals surface area (Å²) in [6, 6.07) is 9.10. The van der Waals surface area contributed by atoms with Gasteiger partial charge in [-0.15, -0.1) is 0 Å². The lowest BCUT2D eigenvalue weighted by atomic mass is 10.1. The number of furan rings is 1. The Kier molecular flexibility index (Phi) is 7.31. The molecule has 3 rings (SSSR count). The second kappa shape index (κ2) is 10.1. The van der Waals surface area contributed by atoms with Crippen molar-refractivity contribution in [2.45, 2.75) is 13.1 Å². The van der Waals surface area contributed by atoms with Crippen LogP contribution in [-0.4, -0.2) is 49.5 Å². The molecule has 0 spiro atoms. The third-order valence-corrected chi connectivity index (χ3v) is 4.99. The summed E-state index contributed by atoms with van der Waals surface area (Å²) < 4.78 is 21.2. The number of fused-ring (bicyclic) bond motifs is 1. The van der Waals surface area contributed by atoms with Gasteiger partial charge in [-0.1, -0.05) is 0 Å². The number of nitrogens with one attached hydrogen (secondary N) is 2. The van der Waals surface area contributed by atoms with Crippen LogP contribution in [0, 0.1) is 0 Å². The van der Waals surface area contributed by atoms with Gasteiger partial charge in [0.05, 0.1) is 45.7 Å². The van der Waals surface area contributed by atoms with Gasteiger partial charge in [0.2, 0.25) is 0 Å². The molecule has 0 aliphatic rings. The standard InChI is InChI=1S/C21H25N3O5S/c1-26-8-6-22-21(30)24(13-16-5-4-7-29-16)12-15-9-14-10-18(27-2)19(28-3)11-17(14)23-20(15)25/h4-5,7,9-11H,6,8,12-13H2,1-3H3,(H,22,30)(H,23,25). The lowest BCUT2D eigenvalue weighted by Crippen LogP contribution is -2.41. The van der Waals surface area contributed by atoms with Gasteiger partial charge < -0.3 is 33.8 Å². The van der Waals surface area contributed by atoms with E-state index >= 15 is 0 Å². The van der Waals surface area contributed by atoms with Gasteiger partial charge in [-0.2, -0.15) is 0 Å². The van der Waals surface area contributed by atoms with Gasteiger partial charge in [0.1, 0.15) is 5.76 Å². The number of H-pyrrole nitrogens is 1. The molecule has 0 fully saturated rings. The summed E-state index contributed by atoms with van der Waals surface area (Å²) in [6.45, 7) is 1.82. The average molecular weight is 432 g/mol. The molecule has 0 saturated carbocycles. The summed E-state index contributed by atoms with van der Waals surface area (Å²) in [7, 11) is 4.76. The van der Waals surface area contributed by atoms with Crippen molar-refractivity contribution in [2.24, 2.45) is 0 Å². The molecule has 30 heavy (non-hydrogen) atoms. The second-order valence-corrected chi connectivity index (χ2v) is 6.96. The van der Waals surface area contributed by atoms with Crippen molar-refractivity contribution in [1.29, 1.82) is 0 Å². The van der Waals surface area contributed by atoms with Crippen LogP contribution >= 0.6 is 12.2 Å². The Balaban J connectivity index is 1.90. The van der Waals surface area contributed by atoms with Gasteiger partial charge in [-0.05, 0) is 36.5 Å². The van der Waals surface area contributed by atoms with E-state index in [1.54, 1.807) is 33.7 Å². The molecular formula is C21H25N3O5S. The molecule has 2 heterocycles. The maximum Gasteiger partial charge on any atom is 0.253 e. The van der Waals surface area contributed by atoms with E-state index in [1.165, 1.54) is 0 Å². The summed E-state index contributed by atoms with van der Waals surface area (Å²) >= 11 is 5.54. The van der Waals surface area contributed by atoms with E-state index in [4.69, 9.17) is 30.8 Å². The zero-order valence-electron chi connectivity index (χ0n) is 17.2. The first-order valence-corrected chi connectivity index (χ1v) is 9.78. The van der Waals surface area contributed by atoms with Crippen molar-refractivity contribution in [1.82, 2.24) is 15.2 Å². The molecule has 160 valence electrons. The predicted molar refractivity (Wildman–Crippen MR) is 118 cm³/mol. The first-order valence-electron chi connectivity index (χ1n) is 9.37. The number of thiocarbonyl (C=S) groups is 1. The highest BCUT2D eigenvalue weighted by Gasteiger charge is 2.16. The van der Waals surface area contributed by atoms with Gasteiger partial charge in [0, 0.05) is 30.7 Å². The molecule has 1 aromatic carbocycles. The number of pyridine rings is 1. The zero-order valence-corrected chi connectivity index (χ0v) is 18.0. The number of hydrogen-bond donors (Lipinski definition) is 2. The maximum atomic E-state index is 12.7. The molecule has 0 bridgehead atoms. The molecule has 0 saturated heterocycles. The van der Waals surface area contributed by atoms with Gasteiger partial charge in [0.15, 0.2) is 16.6 Å². The lowest BCUT2D eigenvalue weighted by Gasteiger charge is -2.25. The van der Waals surface area contributed by atoms with E-state index in [1.807, 2.05) is 29.2 Å². The van der Waals surface area contributed by atoms with Gasteiger partial charge in [-0.3, -0.25) is 4.79 Å². The van der Waals surface area contributed by atoms with Gasteiger partial charge >= 0.3 is 0 Å². The van der Waals surface area contributed by atoms with Crippen LogP contribution in [0.1, 0.15) is 11.3 Å². The quantitative estimate of drug-likeness (QED) is 0.395. The fourth-order valence-electron chi connectivity index (χ4n) is 3.06. The molecular weight excluding hydrogens is 406 g/mol. The monoisotopic (exact) mass is 431 g/mol. The Morgan fingerprint density at radius 1 is 1.17 bits per heavy atom. The minimum absolute atomic E-state index is 0.196. The van der Waals surface area contributed by atoms with Crippen LogP contribution in [0.4, 0.5) is 0 Å². The smallest absolute Gasteiger partial charge is 0.253 e. The number of methoxy groups -OCH3 is 3. The van der Waals surface area contributed by atoms with Crippen molar-refractivity contribution >= 4 is 28.2 Å². The number of aromatic nitrogens is 1. The van der Waals surface area contributed by atoms with Crippen LogP contribution in [-0.2, 0) is 17.8 Å². The highest BCUT2D eigenvalue weighted by atomic mass is 32.1. The molecule has 0 amide bonds. The van der Waals surface area contributed by atoms with E-state index in [2.05, 4.69) is 10.3 Å². The first kappa shape index (κ1) is 21.7. The first-order chi connectivity index (χ1) is 14.5. The van der Waals surface area contributed by atoms with Crippen molar-refractivity contribution < 1.29 is 18.6 Å². The van der Waals surface area contributed by atoms with E-state index < -0.39 is 0 Å². The fourth-order valence-corrected chi connectivity index (χ4v) is 3.29. The molecule has 0 aliphatic carbocycles. The normalized spacial score (nSPS) is 10.8. The largest absolute Gasteiger partial charge is 0.493 e. The van der Waals surface area contributed by atoms with E-state index in [0.29, 0.717) is 53.9 Å². The Bertz CT molecular complexity index is 1050. The molecule has 8 nitrogen and oxygen atoms in total. The number of ether oxygens (including phenoxy) is 3. The van der Waals surface area contributed by atoms with E-state index in [9.17, 15) is 4.79 Å². The molecule has 2 N–H and O–H groups in total. The third kappa shape index (κ3) is 5.11. The topological polar surface area (TPSA) is 89.0 Å². The minimum atomic E-state index is -0.196. The number of benzene rings is 1. The van der Waals surface area contributed by atoms with Crippen LogP contribution < -0.4 is 20.3 Å². The number of hydrogen-bond acceptors (Lipinski definition) is 6. The Morgan fingerprint density at radius 2 is 1.93 bits per heavy atom. The summed E-state index contributed by atoms with van der Waals surface area (Å²) in [4.78, 5) is 17.5. The molecule has 2 aromatic heterocycles. The van der Waals surface area contributed by atoms with Gasteiger partial charge in [0.25, 0.3) is 5.56 Å². The predicted octanol–water partition coefficient (Wildman–Crippen LogP) is 2.66. The lowest BCUT2D eigenvalue weighted by molar-refractivity contribution is 0.202. The van der Waals surface area contributed by atoms with Crippen LogP contribution in [0.2, 0.25) is 0 Å². The minimum Gasteiger partial charge on any atom is -0.493 e. The van der Waals surface area contributed by atoms with Crippen LogP contribution in [0.25, 0.3) is 10.9 Å². The van der Waals surface area contributed by atoms with Crippen molar-refractivity contribution in [2.75, 3.05) is 34.5 Å². The zero-order chi connectivity index (χ0) is 21.5. The summed E-state index contributed by atoms with van der Waals surface area (Å²) in [5, 5.41) is 4.49. The second-order valence-electron chi connectivity index (χ2n) is 6.58. The van der Waals surface area contributed by atoms with Crippen molar-refractivity contribution in [3.8, 4) is 11.5 Å². The van der Waals surface area contributed by atoms with E-state index in [-0.39, 0.29) is 5.56 Å². The van der Waals surface area contributed by atoms with Crippen molar-refractivity contribution in [3.05, 3.63) is 58.3 Å². The highest BCUT2D eigenvalue weighted by Crippen LogP contribution is 2.31. The summed E-state index contributed by atoms with van der Waals surface area (Å²) in [5.74, 6) is 1.89. The van der Waals surface area contributed by atoms with Crippen molar-refractivity contribution in [3.63, 3.8) is 0 Å². The number of aromatic amines is 1. The average Bonchev–Trinajstić information content (AvgIpc) is 3.26. The molecule has 0 atom stereocenters. The Labute approximate surface area is 179 Å².